The van der Waals surface area contributed by atoms with Gasteiger partial charge in [0, 0.05) is 19.1 Å². The summed E-state index contributed by atoms with van der Waals surface area (Å²) in [7, 11) is 0. The number of piperidine rings is 1. The van der Waals surface area contributed by atoms with E-state index in [0.29, 0.717) is 12.0 Å². The Hall–Kier alpha value is -0.340. The van der Waals surface area contributed by atoms with Crippen LogP contribution in [0.4, 0.5) is 0 Å². The van der Waals surface area contributed by atoms with Gasteiger partial charge in [0.25, 0.3) is 0 Å². The fraction of sp³-hybridized carbons (Fsp3) is 0.846. The molecule has 2 atom stereocenters. The predicted molar refractivity (Wildman–Crippen MR) is 64.7 cm³/mol. The smallest absolute Gasteiger partial charge is 0.00889 e. The monoisotopic (exact) mass is 208 g/mol. The van der Waals surface area contributed by atoms with Crippen LogP contribution in [0.2, 0.25) is 0 Å². The lowest BCUT2D eigenvalue weighted by atomic mass is 9.94. The Morgan fingerprint density at radius 2 is 2.40 bits per heavy atom. The number of hydrogen-bond acceptors (Lipinski definition) is 2. The van der Waals surface area contributed by atoms with Crippen LogP contribution in [0.15, 0.2) is 11.6 Å². The molecular weight excluding hydrogens is 184 g/mol. The standard InChI is InChI=1S/C13H24N2/c1-11-10-15(9-7-13(11)14)8-6-12-4-2-3-5-12/h4,11,13H,2-3,5-10,14H2,1H3. The van der Waals surface area contributed by atoms with E-state index in [1.807, 2.05) is 0 Å². The van der Waals surface area contributed by atoms with Crippen LogP contribution >= 0.6 is 0 Å². The predicted octanol–water partition coefficient (Wildman–Crippen LogP) is 2.16. The maximum absolute atomic E-state index is 6.02. The first-order chi connectivity index (χ1) is 7.25. The third-order valence-electron chi connectivity index (χ3n) is 3.94. The number of nitrogens with two attached hydrogens (primary N) is 1. The molecule has 1 fully saturated rings. The summed E-state index contributed by atoms with van der Waals surface area (Å²) < 4.78 is 0. The highest BCUT2D eigenvalue weighted by atomic mass is 15.1. The Labute approximate surface area is 93.5 Å². The molecule has 2 heteroatoms. The van der Waals surface area contributed by atoms with Gasteiger partial charge in [0.1, 0.15) is 0 Å². The van der Waals surface area contributed by atoms with Crippen molar-refractivity contribution < 1.29 is 0 Å². The molecule has 0 bridgehead atoms. The fourth-order valence-electron chi connectivity index (χ4n) is 2.72. The third kappa shape index (κ3) is 3.05. The second-order valence-corrected chi connectivity index (χ2v) is 5.24. The molecule has 1 aliphatic carbocycles. The highest BCUT2D eigenvalue weighted by molar-refractivity contribution is 5.07. The lowest BCUT2D eigenvalue weighted by Gasteiger charge is -2.35. The maximum Gasteiger partial charge on any atom is 0.00889 e. The summed E-state index contributed by atoms with van der Waals surface area (Å²) in [5, 5.41) is 0. The molecule has 0 radical (unpaired) electrons. The van der Waals surface area contributed by atoms with Crippen LogP contribution in [0.5, 0.6) is 0 Å². The zero-order valence-electron chi connectivity index (χ0n) is 9.91. The SMILES string of the molecule is CC1CN(CCC2=CCCC2)CCC1N. The molecule has 86 valence electrons. The van der Waals surface area contributed by atoms with Crippen LogP contribution in [0.1, 0.15) is 39.0 Å². The van der Waals surface area contributed by atoms with Gasteiger partial charge in [-0.25, -0.2) is 0 Å². The lowest BCUT2D eigenvalue weighted by Crippen LogP contribution is -2.46. The van der Waals surface area contributed by atoms with Crippen LogP contribution in [0, 0.1) is 5.92 Å². The third-order valence-corrected chi connectivity index (χ3v) is 3.94. The van der Waals surface area contributed by atoms with Crippen LogP contribution < -0.4 is 5.73 Å². The first kappa shape index (κ1) is 11.2. The second kappa shape index (κ2) is 5.13. The first-order valence-electron chi connectivity index (χ1n) is 6.41. The topological polar surface area (TPSA) is 29.3 Å². The van der Waals surface area contributed by atoms with Crippen LogP contribution in [0.25, 0.3) is 0 Å². The van der Waals surface area contributed by atoms with Crippen molar-refractivity contribution in [2.75, 3.05) is 19.6 Å². The Morgan fingerprint density at radius 1 is 1.53 bits per heavy atom. The molecule has 15 heavy (non-hydrogen) atoms. The van der Waals surface area contributed by atoms with Gasteiger partial charge in [-0.05, 0) is 44.6 Å². The van der Waals surface area contributed by atoms with Crippen molar-refractivity contribution in [2.45, 2.75) is 45.1 Å². The molecule has 2 N–H and O–H groups in total. The van der Waals surface area contributed by atoms with Crippen molar-refractivity contribution in [1.29, 1.82) is 0 Å². The molecule has 0 aromatic carbocycles. The van der Waals surface area contributed by atoms with Crippen LogP contribution in [0.3, 0.4) is 0 Å². The minimum atomic E-state index is 0.437. The second-order valence-electron chi connectivity index (χ2n) is 5.24. The number of rotatable bonds is 3. The highest BCUT2D eigenvalue weighted by Gasteiger charge is 2.22. The average Bonchev–Trinajstić information content (AvgIpc) is 2.73. The quantitative estimate of drug-likeness (QED) is 0.720. The van der Waals surface area contributed by atoms with Gasteiger partial charge in [-0.1, -0.05) is 18.6 Å². The van der Waals surface area contributed by atoms with Gasteiger partial charge >= 0.3 is 0 Å². The van der Waals surface area contributed by atoms with Crippen molar-refractivity contribution >= 4 is 0 Å². The largest absolute Gasteiger partial charge is 0.327 e. The number of allylic oxidation sites excluding steroid dienone is 1. The molecule has 0 amide bonds. The summed E-state index contributed by atoms with van der Waals surface area (Å²) in [6.07, 6.45) is 8.97. The Bertz CT molecular complexity index is 235. The summed E-state index contributed by atoms with van der Waals surface area (Å²) in [5.74, 6) is 0.677. The van der Waals surface area contributed by atoms with E-state index >= 15 is 0 Å². The van der Waals surface area contributed by atoms with E-state index < -0.39 is 0 Å². The zero-order valence-corrected chi connectivity index (χ0v) is 9.91. The summed E-state index contributed by atoms with van der Waals surface area (Å²) in [4.78, 5) is 2.59. The molecule has 1 saturated heterocycles. The van der Waals surface area contributed by atoms with E-state index in [1.54, 1.807) is 5.57 Å². The van der Waals surface area contributed by atoms with Crippen molar-refractivity contribution in [2.24, 2.45) is 11.7 Å². The van der Waals surface area contributed by atoms with Gasteiger partial charge in [0.05, 0.1) is 0 Å². The molecule has 0 spiro atoms. The van der Waals surface area contributed by atoms with Gasteiger partial charge in [-0.2, -0.15) is 0 Å². The maximum atomic E-state index is 6.02. The van der Waals surface area contributed by atoms with Crippen LogP contribution in [-0.2, 0) is 0 Å². The van der Waals surface area contributed by atoms with Gasteiger partial charge in [-0.15, -0.1) is 0 Å². The molecule has 0 saturated carbocycles. The first-order valence-corrected chi connectivity index (χ1v) is 6.41. The molecule has 2 unspecified atom stereocenters. The van der Waals surface area contributed by atoms with Gasteiger partial charge in [0.2, 0.25) is 0 Å². The molecule has 1 heterocycles. The molecule has 2 aliphatic rings. The van der Waals surface area contributed by atoms with Crippen molar-refractivity contribution in [3.63, 3.8) is 0 Å². The fourth-order valence-corrected chi connectivity index (χ4v) is 2.72. The van der Waals surface area contributed by atoms with E-state index in [4.69, 9.17) is 5.73 Å². The van der Waals surface area contributed by atoms with Crippen molar-refractivity contribution in [3.8, 4) is 0 Å². The molecular formula is C13H24N2. The molecule has 0 aromatic heterocycles. The van der Waals surface area contributed by atoms with Crippen molar-refractivity contribution in [1.82, 2.24) is 4.90 Å². The van der Waals surface area contributed by atoms with Crippen molar-refractivity contribution in [3.05, 3.63) is 11.6 Å². The minimum Gasteiger partial charge on any atom is -0.327 e. The van der Waals surface area contributed by atoms with Gasteiger partial charge in [0.15, 0.2) is 0 Å². The Morgan fingerprint density at radius 3 is 3.07 bits per heavy atom. The number of hydrogen-bond donors (Lipinski definition) is 1. The summed E-state index contributed by atoms with van der Waals surface area (Å²) in [6.45, 7) is 5.95. The van der Waals surface area contributed by atoms with Crippen LogP contribution in [-0.4, -0.2) is 30.6 Å². The molecule has 1 aliphatic heterocycles. The summed E-state index contributed by atoms with van der Waals surface area (Å²) >= 11 is 0. The number of nitrogens with zero attached hydrogens (tertiary/aromatic N) is 1. The van der Waals surface area contributed by atoms with E-state index in [2.05, 4.69) is 17.9 Å². The van der Waals surface area contributed by atoms with E-state index in [1.165, 1.54) is 51.7 Å². The Balaban J connectivity index is 1.71. The van der Waals surface area contributed by atoms with E-state index in [0.717, 1.165) is 0 Å². The molecule has 2 rings (SSSR count). The summed E-state index contributed by atoms with van der Waals surface area (Å²) in [5.41, 5.74) is 7.71. The van der Waals surface area contributed by atoms with Gasteiger partial charge in [-0.3, -0.25) is 0 Å². The molecule has 2 nitrogen and oxygen atoms in total. The normalized spacial score (nSPS) is 33.1. The van der Waals surface area contributed by atoms with E-state index in [9.17, 15) is 0 Å². The van der Waals surface area contributed by atoms with E-state index in [-0.39, 0.29) is 0 Å². The zero-order chi connectivity index (χ0) is 10.7. The highest BCUT2D eigenvalue weighted by Crippen LogP contribution is 2.22. The minimum absolute atomic E-state index is 0.437. The average molecular weight is 208 g/mol. The molecule has 0 aromatic rings. The lowest BCUT2D eigenvalue weighted by molar-refractivity contribution is 0.166. The van der Waals surface area contributed by atoms with Gasteiger partial charge < -0.3 is 10.6 Å². The summed E-state index contributed by atoms with van der Waals surface area (Å²) in [6, 6.07) is 0.437. The number of likely N-dealkylation sites (tertiary alicyclic amines) is 1. The Kier molecular flexibility index (Phi) is 3.81.